The van der Waals surface area contributed by atoms with Crippen molar-refractivity contribution < 1.29 is 18.0 Å². The normalized spacial score (nSPS) is 18.6. The van der Waals surface area contributed by atoms with Gasteiger partial charge in [-0.15, -0.1) is 17.0 Å². The second kappa shape index (κ2) is 13.5. The molecule has 3 aromatic carbocycles. The van der Waals surface area contributed by atoms with E-state index in [4.69, 9.17) is 23.2 Å². The van der Waals surface area contributed by atoms with Gasteiger partial charge in [0.15, 0.2) is 5.54 Å². The highest BCUT2D eigenvalue weighted by Crippen LogP contribution is 2.49. The van der Waals surface area contributed by atoms with E-state index in [0.29, 0.717) is 39.9 Å². The maximum atomic E-state index is 14.7. The van der Waals surface area contributed by atoms with Crippen LogP contribution in [0.15, 0.2) is 71.6 Å². The van der Waals surface area contributed by atoms with Gasteiger partial charge in [0.05, 0.1) is 10.6 Å². The lowest BCUT2D eigenvalue weighted by Crippen LogP contribution is -2.57. The van der Waals surface area contributed by atoms with Gasteiger partial charge in [-0.25, -0.2) is 17.5 Å². The van der Waals surface area contributed by atoms with Crippen molar-refractivity contribution >= 4 is 73.5 Å². The molecule has 1 atom stereocenters. The van der Waals surface area contributed by atoms with Crippen LogP contribution in [-0.2, 0) is 20.4 Å². The molecule has 1 fully saturated rings. The van der Waals surface area contributed by atoms with Crippen molar-refractivity contribution in [2.75, 3.05) is 35.8 Å². The molecule has 1 saturated heterocycles. The van der Waals surface area contributed by atoms with E-state index in [0.717, 1.165) is 30.2 Å². The average molecular weight is 712 g/mol. The highest BCUT2D eigenvalue weighted by Gasteiger charge is 2.57. The van der Waals surface area contributed by atoms with Crippen LogP contribution in [-0.4, -0.2) is 57.5 Å². The van der Waals surface area contributed by atoms with E-state index >= 15 is 0 Å². The van der Waals surface area contributed by atoms with Crippen LogP contribution in [0.1, 0.15) is 37.8 Å². The van der Waals surface area contributed by atoms with E-state index in [1.54, 1.807) is 47.4 Å². The number of piperidine rings is 1. The number of fused-ring (bicyclic) bond motifs is 1. The number of amides is 3. The van der Waals surface area contributed by atoms with E-state index in [9.17, 15) is 18.0 Å². The molecule has 0 bridgehead atoms. The first-order chi connectivity index (χ1) is 20.1. The van der Waals surface area contributed by atoms with Crippen LogP contribution in [0.3, 0.4) is 0 Å². The van der Waals surface area contributed by atoms with E-state index in [1.807, 2.05) is 13.8 Å². The topological polar surface area (TPSA) is 111 Å². The van der Waals surface area contributed by atoms with Crippen molar-refractivity contribution in [3.8, 4) is 0 Å². The van der Waals surface area contributed by atoms with Gasteiger partial charge in [-0.05, 0) is 88.3 Å². The SMILES string of the molecule is Br.CCN(CC)C(=O)Nc1ccc(S(=O)(=O)N2C(=O)C(NC3CCNCC3)(c3ccccc3Cl)c3cc(Cl)ccc32)cc1. The Kier molecular flexibility index (Phi) is 10.5. The number of urea groups is 1. The predicted octanol–water partition coefficient (Wildman–Crippen LogP) is 5.77. The zero-order chi connectivity index (χ0) is 30.1. The Morgan fingerprint density at radius 3 is 2.28 bits per heavy atom. The number of nitrogens with one attached hydrogen (secondary N) is 3. The number of hydrogen-bond acceptors (Lipinski definition) is 6. The Morgan fingerprint density at radius 2 is 1.65 bits per heavy atom. The standard InChI is InChI=1S/C30H33Cl2N5O4S.BrH/c1-3-36(4-2)29(39)34-21-10-12-23(13-11-21)42(40,41)37-27-14-9-20(31)19-25(27)30(28(37)38,24-7-5-6-8-26(24)32)35-22-15-17-33-18-16-22;/h5-14,19,22,33,35H,3-4,15-18H2,1-2H3,(H,34,39);1H. The zero-order valence-electron chi connectivity index (χ0n) is 23.8. The Hall–Kier alpha value is -2.67. The minimum absolute atomic E-state index is 0. The number of anilines is 2. The molecule has 13 heteroatoms. The summed E-state index contributed by atoms with van der Waals surface area (Å²) in [6, 6.07) is 17.1. The maximum Gasteiger partial charge on any atom is 0.321 e. The Labute approximate surface area is 272 Å². The molecule has 5 rings (SSSR count). The van der Waals surface area contributed by atoms with Crippen molar-refractivity contribution in [3.63, 3.8) is 0 Å². The maximum absolute atomic E-state index is 14.7. The van der Waals surface area contributed by atoms with E-state index in [-0.39, 0.29) is 39.6 Å². The van der Waals surface area contributed by atoms with E-state index in [1.165, 1.54) is 24.3 Å². The van der Waals surface area contributed by atoms with E-state index < -0.39 is 21.5 Å². The lowest BCUT2D eigenvalue weighted by Gasteiger charge is -2.37. The van der Waals surface area contributed by atoms with Crippen LogP contribution in [0.2, 0.25) is 10.0 Å². The summed E-state index contributed by atoms with van der Waals surface area (Å²) in [6.07, 6.45) is 1.48. The Balaban J connectivity index is 0.00000423. The molecule has 2 aliphatic heterocycles. The van der Waals surface area contributed by atoms with Gasteiger partial charge in [-0.1, -0.05) is 41.4 Å². The van der Waals surface area contributed by atoms with Crippen molar-refractivity contribution in [3.05, 3.63) is 87.9 Å². The molecule has 1 unspecified atom stereocenters. The smallest absolute Gasteiger partial charge is 0.321 e. The molecule has 0 aliphatic carbocycles. The molecule has 3 amide bonds. The van der Waals surface area contributed by atoms with Gasteiger partial charge < -0.3 is 15.5 Å². The lowest BCUT2D eigenvalue weighted by atomic mass is 9.82. The average Bonchev–Trinajstić information content (AvgIpc) is 3.22. The minimum atomic E-state index is -4.40. The molecule has 9 nitrogen and oxygen atoms in total. The number of hydrogen-bond donors (Lipinski definition) is 3. The third kappa shape index (κ3) is 6.16. The summed E-state index contributed by atoms with van der Waals surface area (Å²) in [7, 11) is -4.40. The van der Waals surface area contributed by atoms with Crippen LogP contribution in [0.25, 0.3) is 0 Å². The number of benzene rings is 3. The van der Waals surface area contributed by atoms with Crippen LogP contribution in [0.4, 0.5) is 16.2 Å². The Morgan fingerprint density at radius 1 is 1.00 bits per heavy atom. The van der Waals surface area contributed by atoms with Gasteiger partial charge in [0.1, 0.15) is 0 Å². The fourth-order valence-corrected chi connectivity index (χ4v) is 7.56. The van der Waals surface area contributed by atoms with Gasteiger partial charge in [-0.3, -0.25) is 10.1 Å². The number of nitrogens with zero attached hydrogens (tertiary/aromatic N) is 2. The fraction of sp³-hybridized carbons (Fsp3) is 0.333. The highest BCUT2D eigenvalue weighted by atomic mass is 79.9. The number of rotatable bonds is 8. The van der Waals surface area contributed by atoms with Crippen LogP contribution < -0.4 is 20.3 Å². The summed E-state index contributed by atoms with van der Waals surface area (Å²) in [4.78, 5) is 28.7. The van der Waals surface area contributed by atoms with Crippen LogP contribution >= 0.6 is 40.2 Å². The van der Waals surface area contributed by atoms with Crippen molar-refractivity contribution in [1.82, 2.24) is 15.5 Å². The molecule has 2 heterocycles. The summed E-state index contributed by atoms with van der Waals surface area (Å²) < 4.78 is 29.3. The quantitative estimate of drug-likeness (QED) is 0.274. The number of carbonyl (C=O) groups excluding carboxylic acids is 2. The summed E-state index contributed by atoms with van der Waals surface area (Å²) in [6.45, 7) is 6.33. The third-order valence-electron chi connectivity index (χ3n) is 7.82. The van der Waals surface area contributed by atoms with Crippen molar-refractivity contribution in [1.29, 1.82) is 0 Å². The molecular weight excluding hydrogens is 677 g/mol. The molecule has 3 aromatic rings. The third-order valence-corrected chi connectivity index (χ3v) is 10.1. The van der Waals surface area contributed by atoms with Crippen molar-refractivity contribution in [2.24, 2.45) is 0 Å². The molecule has 0 spiro atoms. The number of carbonyl (C=O) groups is 2. The minimum Gasteiger partial charge on any atom is -0.325 e. The largest absolute Gasteiger partial charge is 0.325 e. The van der Waals surface area contributed by atoms with Crippen molar-refractivity contribution in [2.45, 2.75) is 43.2 Å². The second-order valence-corrected chi connectivity index (χ2v) is 12.9. The second-order valence-electron chi connectivity index (χ2n) is 10.3. The molecule has 0 radical (unpaired) electrons. The molecular formula is C30H34BrCl2N5O4S. The van der Waals surface area contributed by atoms with Gasteiger partial charge >= 0.3 is 6.03 Å². The molecule has 43 heavy (non-hydrogen) atoms. The highest BCUT2D eigenvalue weighted by molar-refractivity contribution is 8.93. The summed E-state index contributed by atoms with van der Waals surface area (Å²) >= 11 is 13.2. The molecule has 2 aliphatic rings. The first-order valence-electron chi connectivity index (χ1n) is 13.9. The number of halogens is 3. The predicted molar refractivity (Wildman–Crippen MR) is 176 cm³/mol. The lowest BCUT2D eigenvalue weighted by molar-refractivity contribution is -0.122. The molecule has 0 aromatic heterocycles. The van der Waals surface area contributed by atoms with Gasteiger partial charge in [0, 0.05) is 46.0 Å². The zero-order valence-corrected chi connectivity index (χ0v) is 27.8. The molecule has 230 valence electrons. The van der Waals surface area contributed by atoms with Gasteiger partial charge in [-0.2, -0.15) is 0 Å². The van der Waals surface area contributed by atoms with Crippen LogP contribution in [0.5, 0.6) is 0 Å². The Bertz CT molecular complexity index is 1600. The van der Waals surface area contributed by atoms with Gasteiger partial charge in [0.2, 0.25) is 0 Å². The summed E-state index contributed by atoms with van der Waals surface area (Å²) in [5, 5.41) is 10.3. The monoisotopic (exact) mass is 709 g/mol. The first-order valence-corrected chi connectivity index (χ1v) is 16.1. The summed E-state index contributed by atoms with van der Waals surface area (Å²) in [5.74, 6) is -0.690. The van der Waals surface area contributed by atoms with E-state index in [2.05, 4.69) is 16.0 Å². The van der Waals surface area contributed by atoms with Gasteiger partial charge in [0.25, 0.3) is 15.9 Å². The summed E-state index contributed by atoms with van der Waals surface area (Å²) in [5.41, 5.74) is -0.0941. The first kappa shape index (κ1) is 33.2. The molecule has 0 saturated carbocycles. The van der Waals surface area contributed by atoms with Crippen LogP contribution in [0, 0.1) is 0 Å². The number of sulfonamides is 1. The fourth-order valence-electron chi connectivity index (χ4n) is 5.65. The molecule has 3 N–H and O–H groups in total.